The van der Waals surface area contributed by atoms with Crippen LogP contribution in [0.3, 0.4) is 0 Å². The predicted molar refractivity (Wildman–Crippen MR) is 71.5 cm³/mol. The first-order valence-electron chi connectivity index (χ1n) is 5.81. The number of nitrogens with two attached hydrogens (primary N) is 1. The van der Waals surface area contributed by atoms with Crippen LogP contribution in [0, 0.1) is 16.0 Å². The minimum absolute atomic E-state index is 0.0151. The molecule has 0 saturated carbocycles. The van der Waals surface area contributed by atoms with Crippen LogP contribution in [0.25, 0.3) is 0 Å². The minimum atomic E-state index is -1.12. The molecule has 1 aromatic carbocycles. The van der Waals surface area contributed by atoms with Gasteiger partial charge in [0.15, 0.2) is 0 Å². The Labute approximate surface area is 114 Å². The summed E-state index contributed by atoms with van der Waals surface area (Å²) in [4.78, 5) is 32.4. The zero-order valence-electron chi connectivity index (χ0n) is 11.0. The number of rotatable bonds is 6. The van der Waals surface area contributed by atoms with Crippen molar-refractivity contribution in [1.29, 1.82) is 0 Å². The van der Waals surface area contributed by atoms with Crippen molar-refractivity contribution in [3.63, 3.8) is 0 Å². The van der Waals surface area contributed by atoms with Gasteiger partial charge in [0.1, 0.15) is 11.7 Å². The quantitative estimate of drug-likeness (QED) is 0.529. The van der Waals surface area contributed by atoms with Gasteiger partial charge in [-0.25, -0.2) is 4.79 Å². The first kappa shape index (κ1) is 15.4. The van der Waals surface area contributed by atoms with Crippen LogP contribution in [0.2, 0.25) is 0 Å². The molecule has 0 radical (unpaired) electrons. The normalized spacial score (nSPS) is 11.9. The lowest BCUT2D eigenvalue weighted by molar-refractivity contribution is -0.384. The maximum Gasteiger partial charge on any atom is 0.326 e. The SMILES string of the molecule is CC(C)[C@H](Nc1ccc(C(N)=O)cc1[N+](=O)[O-])C(=O)O. The fraction of sp³-hybridized carbons (Fsp3) is 0.333. The molecule has 0 heterocycles. The first-order chi connectivity index (χ1) is 9.23. The second-order valence-electron chi connectivity index (χ2n) is 4.56. The number of anilines is 1. The summed E-state index contributed by atoms with van der Waals surface area (Å²) in [7, 11) is 0. The molecule has 1 atom stereocenters. The number of aliphatic carboxylic acids is 1. The molecule has 8 nitrogen and oxygen atoms in total. The molecule has 8 heteroatoms. The van der Waals surface area contributed by atoms with Gasteiger partial charge in [-0.15, -0.1) is 0 Å². The summed E-state index contributed by atoms with van der Waals surface area (Å²) < 4.78 is 0. The van der Waals surface area contributed by atoms with Gasteiger partial charge in [-0.05, 0) is 18.1 Å². The molecule has 1 rings (SSSR count). The third-order valence-corrected chi connectivity index (χ3v) is 2.72. The summed E-state index contributed by atoms with van der Waals surface area (Å²) in [5.74, 6) is -2.19. The lowest BCUT2D eigenvalue weighted by Gasteiger charge is -2.19. The summed E-state index contributed by atoms with van der Waals surface area (Å²) >= 11 is 0. The van der Waals surface area contributed by atoms with Crippen molar-refractivity contribution >= 4 is 23.3 Å². The van der Waals surface area contributed by atoms with Gasteiger partial charge in [0.2, 0.25) is 5.91 Å². The number of nitrogens with zero attached hydrogens (tertiary/aromatic N) is 1. The minimum Gasteiger partial charge on any atom is -0.480 e. The second kappa shape index (κ2) is 6.00. The summed E-state index contributed by atoms with van der Waals surface area (Å²) in [6, 6.07) is 2.62. The lowest BCUT2D eigenvalue weighted by Crippen LogP contribution is -2.34. The highest BCUT2D eigenvalue weighted by Gasteiger charge is 2.25. The molecule has 0 aromatic heterocycles. The van der Waals surface area contributed by atoms with E-state index in [9.17, 15) is 19.7 Å². The Morgan fingerprint density at radius 2 is 2.00 bits per heavy atom. The number of nitrogens with one attached hydrogen (secondary N) is 1. The van der Waals surface area contributed by atoms with Crippen molar-refractivity contribution in [3.05, 3.63) is 33.9 Å². The van der Waals surface area contributed by atoms with Gasteiger partial charge in [-0.3, -0.25) is 14.9 Å². The van der Waals surface area contributed by atoms with E-state index in [4.69, 9.17) is 10.8 Å². The molecular formula is C12H15N3O5. The van der Waals surface area contributed by atoms with Gasteiger partial charge >= 0.3 is 5.97 Å². The van der Waals surface area contributed by atoms with Crippen LogP contribution in [-0.4, -0.2) is 27.9 Å². The number of carboxylic acids is 1. The third kappa shape index (κ3) is 3.44. The summed E-state index contributed by atoms with van der Waals surface area (Å²) in [5.41, 5.74) is 4.67. The molecule has 4 N–H and O–H groups in total. The van der Waals surface area contributed by atoms with E-state index < -0.39 is 28.5 Å². The number of amides is 1. The molecule has 20 heavy (non-hydrogen) atoms. The van der Waals surface area contributed by atoms with Gasteiger partial charge in [0, 0.05) is 11.6 Å². The Hall–Kier alpha value is -2.64. The standard InChI is InChI=1S/C12H15N3O5/c1-6(2)10(12(17)18)14-8-4-3-7(11(13)16)5-9(8)15(19)20/h3-6,10,14H,1-2H3,(H2,13,16)(H,17,18)/t10-/m0/s1. The molecule has 0 aliphatic rings. The van der Waals surface area contributed by atoms with Gasteiger partial charge in [0.05, 0.1) is 4.92 Å². The molecule has 0 fully saturated rings. The molecule has 108 valence electrons. The molecule has 1 amide bonds. The average Bonchev–Trinajstić information content (AvgIpc) is 2.34. The number of carbonyl (C=O) groups excluding carboxylic acids is 1. The number of carboxylic acid groups (broad SMARTS) is 1. The Bertz CT molecular complexity index is 556. The van der Waals surface area contributed by atoms with E-state index in [0.717, 1.165) is 6.07 Å². The summed E-state index contributed by atoms with van der Waals surface area (Å²) in [6.45, 7) is 3.35. The molecule has 0 spiro atoms. The smallest absolute Gasteiger partial charge is 0.326 e. The fourth-order valence-electron chi connectivity index (χ4n) is 1.64. The van der Waals surface area contributed by atoms with Crippen molar-refractivity contribution in [3.8, 4) is 0 Å². The van der Waals surface area contributed by atoms with Crippen LogP contribution in [0.1, 0.15) is 24.2 Å². The van der Waals surface area contributed by atoms with E-state index in [0.29, 0.717) is 0 Å². The van der Waals surface area contributed by atoms with Crippen molar-refractivity contribution in [2.24, 2.45) is 11.7 Å². The van der Waals surface area contributed by atoms with Crippen LogP contribution in [0.5, 0.6) is 0 Å². The topological polar surface area (TPSA) is 136 Å². The van der Waals surface area contributed by atoms with Crippen LogP contribution in [-0.2, 0) is 4.79 Å². The number of primary amides is 1. The monoisotopic (exact) mass is 281 g/mol. The van der Waals surface area contributed by atoms with Crippen LogP contribution < -0.4 is 11.1 Å². The number of carbonyl (C=O) groups is 2. The Kier molecular flexibility index (Phi) is 4.63. The molecule has 0 aliphatic heterocycles. The van der Waals surface area contributed by atoms with Gasteiger partial charge in [-0.2, -0.15) is 0 Å². The highest BCUT2D eigenvalue weighted by Crippen LogP contribution is 2.27. The largest absolute Gasteiger partial charge is 0.480 e. The van der Waals surface area contributed by atoms with Gasteiger partial charge in [-0.1, -0.05) is 13.8 Å². The van der Waals surface area contributed by atoms with Crippen molar-refractivity contribution in [2.45, 2.75) is 19.9 Å². The van der Waals surface area contributed by atoms with E-state index in [2.05, 4.69) is 5.32 Å². The maximum atomic E-state index is 11.1. The number of benzene rings is 1. The van der Waals surface area contributed by atoms with E-state index in [1.807, 2.05) is 0 Å². The van der Waals surface area contributed by atoms with Crippen LogP contribution >= 0.6 is 0 Å². The molecular weight excluding hydrogens is 266 g/mol. The zero-order chi connectivity index (χ0) is 15.4. The zero-order valence-corrected chi connectivity index (χ0v) is 11.0. The number of hydrogen-bond acceptors (Lipinski definition) is 5. The molecule has 0 aliphatic carbocycles. The van der Waals surface area contributed by atoms with Crippen molar-refractivity contribution in [1.82, 2.24) is 0 Å². The van der Waals surface area contributed by atoms with E-state index in [-0.39, 0.29) is 17.2 Å². The van der Waals surface area contributed by atoms with Crippen LogP contribution in [0.15, 0.2) is 18.2 Å². The molecule has 1 aromatic rings. The predicted octanol–water partition coefficient (Wildman–Crippen LogP) is 1.21. The fourth-order valence-corrected chi connectivity index (χ4v) is 1.64. The highest BCUT2D eigenvalue weighted by molar-refractivity contribution is 5.94. The highest BCUT2D eigenvalue weighted by atomic mass is 16.6. The van der Waals surface area contributed by atoms with Gasteiger partial charge in [0.25, 0.3) is 5.69 Å². The van der Waals surface area contributed by atoms with E-state index in [1.54, 1.807) is 13.8 Å². The van der Waals surface area contributed by atoms with Gasteiger partial charge < -0.3 is 16.2 Å². The Balaban J connectivity index is 3.20. The number of hydrogen-bond donors (Lipinski definition) is 3. The number of nitro groups is 1. The Morgan fingerprint density at radius 3 is 2.40 bits per heavy atom. The molecule has 0 saturated heterocycles. The Morgan fingerprint density at radius 1 is 1.40 bits per heavy atom. The lowest BCUT2D eigenvalue weighted by atomic mass is 10.0. The van der Waals surface area contributed by atoms with Crippen LogP contribution in [0.4, 0.5) is 11.4 Å². The van der Waals surface area contributed by atoms with Crippen molar-refractivity contribution < 1.29 is 19.6 Å². The average molecular weight is 281 g/mol. The summed E-state index contributed by atoms with van der Waals surface area (Å²) in [5, 5.41) is 22.7. The first-order valence-corrected chi connectivity index (χ1v) is 5.81. The summed E-state index contributed by atoms with van der Waals surface area (Å²) in [6.07, 6.45) is 0. The third-order valence-electron chi connectivity index (χ3n) is 2.72. The molecule has 0 unspecified atom stereocenters. The second-order valence-corrected chi connectivity index (χ2v) is 4.56. The number of nitro benzene ring substituents is 1. The van der Waals surface area contributed by atoms with Crippen molar-refractivity contribution in [2.75, 3.05) is 5.32 Å². The molecule has 0 bridgehead atoms. The van der Waals surface area contributed by atoms with E-state index >= 15 is 0 Å². The van der Waals surface area contributed by atoms with E-state index in [1.165, 1.54) is 12.1 Å². The maximum absolute atomic E-state index is 11.1.